The minimum absolute atomic E-state index is 0.136. The Morgan fingerprint density at radius 2 is 1.85 bits per heavy atom. The molecule has 3 N–H and O–H groups in total. The van der Waals surface area contributed by atoms with Crippen LogP contribution in [0.2, 0.25) is 0 Å². The first-order chi connectivity index (χ1) is 18.9. The van der Waals surface area contributed by atoms with E-state index < -0.39 is 11.5 Å². The largest absolute Gasteiger partial charge is 0.507 e. The zero-order valence-corrected chi connectivity index (χ0v) is 23.0. The van der Waals surface area contributed by atoms with Crippen LogP contribution in [-0.2, 0) is 6.42 Å². The van der Waals surface area contributed by atoms with Crippen LogP contribution in [0, 0.1) is 6.92 Å². The van der Waals surface area contributed by atoms with Crippen LogP contribution in [-0.4, -0.2) is 29.7 Å². The lowest BCUT2D eigenvalue weighted by atomic mass is 9.86. The maximum absolute atomic E-state index is 13.2. The molecule has 0 bridgehead atoms. The van der Waals surface area contributed by atoms with Crippen LogP contribution in [0.1, 0.15) is 44.4 Å². The normalized spacial score (nSPS) is 11.9. The second-order valence-corrected chi connectivity index (χ2v) is 10.1. The van der Waals surface area contributed by atoms with Gasteiger partial charge in [-0.3, -0.25) is 4.79 Å². The summed E-state index contributed by atoms with van der Waals surface area (Å²) in [5.74, 6) is -0.201. The van der Waals surface area contributed by atoms with Gasteiger partial charge >= 0.3 is 5.63 Å². The molecule has 1 unspecified atom stereocenters. The molecule has 3 aromatic carbocycles. The van der Waals surface area contributed by atoms with Gasteiger partial charge in [-0.1, -0.05) is 58.4 Å². The van der Waals surface area contributed by atoms with Gasteiger partial charge in [-0.25, -0.2) is 4.79 Å². The molecule has 2 aromatic heterocycles. The van der Waals surface area contributed by atoms with Crippen LogP contribution in [0.5, 0.6) is 11.5 Å². The van der Waals surface area contributed by atoms with Crippen molar-refractivity contribution in [1.29, 1.82) is 0 Å². The molecule has 0 aliphatic heterocycles. The number of nitrogens with one attached hydrogen (secondary N) is 2. The molecule has 0 fully saturated rings. The highest BCUT2D eigenvalue weighted by Gasteiger charge is 2.29. The number of methoxy groups -OCH3 is 1. The maximum atomic E-state index is 13.2. The Kier molecular flexibility index (Phi) is 7.56. The quantitative estimate of drug-likeness (QED) is 0.205. The van der Waals surface area contributed by atoms with Crippen molar-refractivity contribution in [1.82, 2.24) is 10.3 Å². The van der Waals surface area contributed by atoms with Crippen molar-refractivity contribution >= 4 is 32.7 Å². The first kappa shape index (κ1) is 26.3. The molecule has 5 rings (SSSR count). The lowest BCUT2D eigenvalue weighted by Crippen LogP contribution is -2.26. The molecule has 1 amide bonds. The van der Waals surface area contributed by atoms with E-state index in [-0.39, 0.29) is 17.2 Å². The van der Waals surface area contributed by atoms with Crippen LogP contribution < -0.4 is 15.7 Å². The van der Waals surface area contributed by atoms with Gasteiger partial charge in [0.15, 0.2) is 0 Å². The van der Waals surface area contributed by atoms with Crippen molar-refractivity contribution in [2.75, 3.05) is 13.7 Å². The number of benzene rings is 3. The van der Waals surface area contributed by atoms with Gasteiger partial charge in [-0.15, -0.1) is 0 Å². The molecule has 5 aromatic rings. The lowest BCUT2D eigenvalue weighted by Gasteiger charge is -2.20. The molecular weight excluding hydrogens is 560 g/mol. The molecule has 0 saturated carbocycles. The monoisotopic (exact) mass is 586 g/mol. The Balaban J connectivity index is 1.59. The van der Waals surface area contributed by atoms with Gasteiger partial charge in [0, 0.05) is 33.7 Å². The Labute approximate surface area is 233 Å². The van der Waals surface area contributed by atoms with Gasteiger partial charge in [0.2, 0.25) is 0 Å². The third-order valence-electron chi connectivity index (χ3n) is 6.71. The van der Waals surface area contributed by atoms with Crippen molar-refractivity contribution in [3.63, 3.8) is 0 Å². The number of H-pyrrole nitrogens is 1. The van der Waals surface area contributed by atoms with Crippen molar-refractivity contribution in [3.05, 3.63) is 127 Å². The minimum atomic E-state index is -0.647. The van der Waals surface area contributed by atoms with Crippen LogP contribution in [0.4, 0.5) is 0 Å². The van der Waals surface area contributed by atoms with E-state index in [0.29, 0.717) is 30.0 Å². The zero-order chi connectivity index (χ0) is 27.5. The van der Waals surface area contributed by atoms with Gasteiger partial charge < -0.3 is 24.6 Å². The molecular formula is C31H27BrN2O5. The molecule has 0 saturated heterocycles. The number of aromatic amines is 1. The Morgan fingerprint density at radius 1 is 1.08 bits per heavy atom. The molecule has 0 radical (unpaired) electrons. The van der Waals surface area contributed by atoms with E-state index in [4.69, 9.17) is 9.15 Å². The molecule has 0 aliphatic rings. The third-order valence-corrected chi connectivity index (χ3v) is 7.20. The number of carbonyl (C=O) groups excluding carboxylic acids is 1. The highest BCUT2D eigenvalue weighted by atomic mass is 79.9. The highest BCUT2D eigenvalue weighted by molar-refractivity contribution is 9.10. The Hall–Kier alpha value is -4.30. The van der Waals surface area contributed by atoms with E-state index in [1.54, 1.807) is 25.1 Å². The highest BCUT2D eigenvalue weighted by Crippen LogP contribution is 2.39. The summed E-state index contributed by atoms with van der Waals surface area (Å²) >= 11 is 3.54. The van der Waals surface area contributed by atoms with Gasteiger partial charge in [-0.05, 0) is 54.8 Å². The number of para-hydroxylation sites is 2. The summed E-state index contributed by atoms with van der Waals surface area (Å²) in [6.45, 7) is 1.96. The third kappa shape index (κ3) is 5.33. The van der Waals surface area contributed by atoms with E-state index in [1.165, 1.54) is 13.2 Å². The van der Waals surface area contributed by atoms with E-state index in [0.717, 1.165) is 32.2 Å². The number of halogens is 1. The van der Waals surface area contributed by atoms with E-state index >= 15 is 0 Å². The number of hydrogen-bond acceptors (Lipinski definition) is 5. The molecule has 8 heteroatoms. The van der Waals surface area contributed by atoms with Crippen LogP contribution in [0.3, 0.4) is 0 Å². The topological polar surface area (TPSA) is 105 Å². The molecule has 1 atom stereocenters. The van der Waals surface area contributed by atoms with E-state index in [9.17, 15) is 14.7 Å². The number of aromatic nitrogens is 1. The zero-order valence-electron chi connectivity index (χ0n) is 21.5. The van der Waals surface area contributed by atoms with Crippen LogP contribution in [0.15, 0.2) is 92.5 Å². The second kappa shape index (κ2) is 11.2. The number of aryl methyl sites for hydroxylation is 1. The number of hydrogen-bond donors (Lipinski definition) is 3. The Bertz CT molecular complexity index is 1720. The minimum Gasteiger partial charge on any atom is -0.507 e. The fraction of sp³-hybridized carbons (Fsp3) is 0.161. The predicted octanol–water partition coefficient (Wildman–Crippen LogP) is 6.06. The Morgan fingerprint density at radius 3 is 2.62 bits per heavy atom. The molecule has 2 heterocycles. The van der Waals surface area contributed by atoms with Crippen LogP contribution >= 0.6 is 15.9 Å². The summed E-state index contributed by atoms with van der Waals surface area (Å²) in [7, 11) is 1.53. The van der Waals surface area contributed by atoms with E-state index in [1.807, 2.05) is 54.6 Å². The average molecular weight is 587 g/mol. The molecule has 198 valence electrons. The van der Waals surface area contributed by atoms with Gasteiger partial charge in [0.05, 0.1) is 24.2 Å². The standard InChI is InChI=1S/C31H27BrN2O5/c1-18-16-25(35)28(31(37)39-18)27(19-8-7-9-20(32)17-19)29-22(21-10-3-5-12-24(21)34-29)14-15-33-30(36)23-11-4-6-13-26(23)38-2/h3-13,16-17,27,34-35H,14-15H2,1-2H3,(H,33,36). The summed E-state index contributed by atoms with van der Waals surface area (Å²) in [4.78, 5) is 29.6. The number of carbonyl (C=O) groups is 1. The number of fused-ring (bicyclic) bond motifs is 1. The van der Waals surface area contributed by atoms with Gasteiger partial charge in [-0.2, -0.15) is 0 Å². The average Bonchev–Trinajstić information content (AvgIpc) is 3.28. The summed E-state index contributed by atoms with van der Waals surface area (Å²) in [6, 6.07) is 24.0. The second-order valence-electron chi connectivity index (χ2n) is 9.20. The first-order valence-corrected chi connectivity index (χ1v) is 13.3. The van der Waals surface area contributed by atoms with Gasteiger partial charge in [0.25, 0.3) is 5.91 Å². The summed E-state index contributed by atoms with van der Waals surface area (Å²) in [6.07, 6.45) is 0.475. The van der Waals surface area contributed by atoms with Crippen molar-refractivity contribution in [2.45, 2.75) is 19.3 Å². The predicted molar refractivity (Wildman–Crippen MR) is 154 cm³/mol. The van der Waals surface area contributed by atoms with E-state index in [2.05, 4.69) is 26.2 Å². The van der Waals surface area contributed by atoms with Crippen molar-refractivity contribution in [2.24, 2.45) is 0 Å². The SMILES string of the molecule is COc1ccccc1C(=O)NCCc1c(C(c2cccc(Br)c2)c2c(O)cc(C)oc2=O)[nH]c2ccccc12. The number of amides is 1. The smallest absolute Gasteiger partial charge is 0.343 e. The summed E-state index contributed by atoms with van der Waals surface area (Å²) in [5, 5.41) is 14.9. The molecule has 0 aliphatic carbocycles. The summed E-state index contributed by atoms with van der Waals surface area (Å²) in [5.41, 5.74) is 3.34. The fourth-order valence-corrected chi connectivity index (χ4v) is 5.42. The number of ether oxygens (including phenoxy) is 1. The molecule has 39 heavy (non-hydrogen) atoms. The fourth-order valence-electron chi connectivity index (χ4n) is 5.00. The van der Waals surface area contributed by atoms with Crippen molar-refractivity contribution in [3.8, 4) is 11.5 Å². The number of rotatable bonds is 8. The summed E-state index contributed by atoms with van der Waals surface area (Å²) < 4.78 is 11.6. The molecule has 0 spiro atoms. The van der Waals surface area contributed by atoms with Gasteiger partial charge in [0.1, 0.15) is 17.3 Å². The molecule has 7 nitrogen and oxygen atoms in total. The lowest BCUT2D eigenvalue weighted by molar-refractivity contribution is 0.0951. The van der Waals surface area contributed by atoms with Crippen LogP contribution in [0.25, 0.3) is 10.9 Å². The van der Waals surface area contributed by atoms with Crippen molar-refractivity contribution < 1.29 is 19.1 Å². The number of aromatic hydroxyl groups is 1. The first-order valence-electron chi connectivity index (χ1n) is 12.5. The maximum Gasteiger partial charge on any atom is 0.343 e.